The van der Waals surface area contributed by atoms with Crippen LogP contribution < -0.4 is 10.6 Å². The first-order chi connectivity index (χ1) is 9.43. The summed E-state index contributed by atoms with van der Waals surface area (Å²) in [5.74, 6) is -1.58. The molecule has 2 fully saturated rings. The van der Waals surface area contributed by atoms with Crippen molar-refractivity contribution in [2.75, 3.05) is 6.54 Å². The lowest BCUT2D eigenvalue weighted by atomic mass is 10.0. The Morgan fingerprint density at radius 1 is 1.20 bits per heavy atom. The van der Waals surface area contributed by atoms with Gasteiger partial charge in [-0.05, 0) is 43.4 Å². The molecule has 112 valence electrons. The molecule has 0 aromatic heterocycles. The Kier molecular flexibility index (Phi) is 4.15. The van der Waals surface area contributed by atoms with Crippen LogP contribution in [0.5, 0.6) is 0 Å². The maximum absolute atomic E-state index is 11.7. The van der Waals surface area contributed by atoms with Crippen LogP contribution in [0, 0.1) is 11.3 Å². The number of nitrogens with one attached hydrogen (secondary N) is 2. The minimum Gasteiger partial charge on any atom is -0.481 e. The van der Waals surface area contributed by atoms with Crippen LogP contribution in [-0.2, 0) is 9.59 Å². The number of carboxylic acids is 2. The Labute approximate surface area is 116 Å². The molecule has 7 nitrogen and oxygen atoms in total. The molecular weight excluding hydrogens is 264 g/mol. The second kappa shape index (κ2) is 5.68. The molecule has 0 spiro atoms. The lowest BCUT2D eigenvalue weighted by molar-refractivity contribution is -0.140. The van der Waals surface area contributed by atoms with E-state index in [-0.39, 0.29) is 18.3 Å². The molecule has 0 radical (unpaired) electrons. The van der Waals surface area contributed by atoms with Crippen molar-refractivity contribution < 1.29 is 24.6 Å². The molecule has 2 aliphatic carbocycles. The smallest absolute Gasteiger partial charge is 0.326 e. The summed E-state index contributed by atoms with van der Waals surface area (Å²) in [6.45, 7) is 0.578. The van der Waals surface area contributed by atoms with Gasteiger partial charge in [-0.2, -0.15) is 0 Å². The van der Waals surface area contributed by atoms with E-state index in [1.165, 1.54) is 12.8 Å². The summed E-state index contributed by atoms with van der Waals surface area (Å²) in [7, 11) is 0. The molecule has 0 bridgehead atoms. The van der Waals surface area contributed by atoms with Crippen molar-refractivity contribution in [2.24, 2.45) is 11.3 Å². The van der Waals surface area contributed by atoms with Gasteiger partial charge in [0.1, 0.15) is 6.04 Å². The molecule has 1 atom stereocenters. The number of aliphatic carboxylic acids is 2. The Hall–Kier alpha value is -1.79. The highest BCUT2D eigenvalue weighted by Gasteiger charge is 2.53. The van der Waals surface area contributed by atoms with Crippen LogP contribution in [0.2, 0.25) is 0 Å². The zero-order chi connectivity index (χ0) is 14.8. The zero-order valence-corrected chi connectivity index (χ0v) is 11.2. The predicted octanol–water partition coefficient (Wildman–Crippen LogP) is 0.794. The molecule has 4 N–H and O–H groups in total. The molecule has 0 aromatic rings. The number of urea groups is 1. The van der Waals surface area contributed by atoms with E-state index >= 15 is 0 Å². The largest absolute Gasteiger partial charge is 0.481 e. The fraction of sp³-hybridized carbons (Fsp3) is 0.769. The number of amides is 2. The van der Waals surface area contributed by atoms with Crippen LogP contribution in [0.25, 0.3) is 0 Å². The van der Waals surface area contributed by atoms with Gasteiger partial charge >= 0.3 is 18.0 Å². The van der Waals surface area contributed by atoms with Crippen LogP contribution in [0.4, 0.5) is 4.79 Å². The first-order valence-electron chi connectivity index (χ1n) is 6.92. The summed E-state index contributed by atoms with van der Waals surface area (Å²) in [4.78, 5) is 33.1. The third kappa shape index (κ3) is 3.85. The van der Waals surface area contributed by atoms with Gasteiger partial charge < -0.3 is 20.8 Å². The molecule has 0 aromatic carbocycles. The molecule has 0 aliphatic heterocycles. The van der Waals surface area contributed by atoms with Crippen LogP contribution in [0.15, 0.2) is 0 Å². The molecule has 2 aliphatic rings. The molecular formula is C13H20N2O5. The van der Waals surface area contributed by atoms with Gasteiger partial charge in [0, 0.05) is 13.0 Å². The van der Waals surface area contributed by atoms with Gasteiger partial charge in [-0.1, -0.05) is 0 Å². The molecule has 2 amide bonds. The summed E-state index contributed by atoms with van der Waals surface area (Å²) in [6.07, 6.45) is 4.28. The van der Waals surface area contributed by atoms with E-state index in [0.717, 1.165) is 12.8 Å². The van der Waals surface area contributed by atoms with E-state index in [9.17, 15) is 14.4 Å². The number of carbonyl (C=O) groups excluding carboxylic acids is 1. The van der Waals surface area contributed by atoms with Crippen LogP contribution in [-0.4, -0.2) is 40.8 Å². The average Bonchev–Trinajstić information content (AvgIpc) is 3.24. The summed E-state index contributed by atoms with van der Waals surface area (Å²) >= 11 is 0. The highest BCUT2D eigenvalue weighted by Crippen LogP contribution is 2.60. The first kappa shape index (κ1) is 14.6. The monoisotopic (exact) mass is 284 g/mol. The first-order valence-corrected chi connectivity index (χ1v) is 6.92. The molecule has 0 saturated heterocycles. The average molecular weight is 284 g/mol. The second-order valence-electron chi connectivity index (χ2n) is 5.79. The maximum atomic E-state index is 11.7. The SMILES string of the molecule is O=C(O)CC[C@H](NC(=O)NCC1(C2CC2)CC1)C(=O)O. The fourth-order valence-electron chi connectivity index (χ4n) is 2.58. The van der Waals surface area contributed by atoms with E-state index in [2.05, 4.69) is 10.6 Å². The lowest BCUT2D eigenvalue weighted by Gasteiger charge is -2.18. The van der Waals surface area contributed by atoms with Gasteiger partial charge in [0.05, 0.1) is 0 Å². The van der Waals surface area contributed by atoms with Crippen molar-refractivity contribution in [1.29, 1.82) is 0 Å². The van der Waals surface area contributed by atoms with E-state index < -0.39 is 24.0 Å². The Balaban J connectivity index is 1.73. The molecule has 7 heteroatoms. The van der Waals surface area contributed by atoms with Crippen molar-refractivity contribution in [3.63, 3.8) is 0 Å². The van der Waals surface area contributed by atoms with Crippen LogP contribution in [0.3, 0.4) is 0 Å². The van der Waals surface area contributed by atoms with Crippen molar-refractivity contribution in [1.82, 2.24) is 10.6 Å². The third-order valence-electron chi connectivity index (χ3n) is 4.19. The molecule has 0 unspecified atom stereocenters. The Morgan fingerprint density at radius 3 is 2.30 bits per heavy atom. The minimum absolute atomic E-state index is 0.119. The van der Waals surface area contributed by atoms with E-state index in [4.69, 9.17) is 10.2 Å². The van der Waals surface area contributed by atoms with Crippen LogP contribution >= 0.6 is 0 Å². The maximum Gasteiger partial charge on any atom is 0.326 e. The van der Waals surface area contributed by atoms with Gasteiger partial charge in [0.25, 0.3) is 0 Å². The van der Waals surface area contributed by atoms with Gasteiger partial charge in [-0.15, -0.1) is 0 Å². The number of carboxylic acid groups (broad SMARTS) is 2. The standard InChI is InChI=1S/C13H20N2O5/c16-10(17)4-3-9(11(18)19)15-12(20)14-7-13(5-6-13)8-1-2-8/h8-9H,1-7H2,(H,16,17)(H,18,19)(H2,14,15,20)/t9-/m0/s1. The number of carbonyl (C=O) groups is 3. The topological polar surface area (TPSA) is 116 Å². The lowest BCUT2D eigenvalue weighted by Crippen LogP contribution is -2.47. The highest BCUT2D eigenvalue weighted by atomic mass is 16.4. The third-order valence-corrected chi connectivity index (χ3v) is 4.19. The number of hydrogen-bond donors (Lipinski definition) is 4. The fourth-order valence-corrected chi connectivity index (χ4v) is 2.58. The summed E-state index contributed by atoms with van der Waals surface area (Å²) in [5.41, 5.74) is 0.247. The minimum atomic E-state index is -1.22. The number of hydrogen-bond acceptors (Lipinski definition) is 3. The van der Waals surface area contributed by atoms with Gasteiger partial charge in [0.15, 0.2) is 0 Å². The van der Waals surface area contributed by atoms with Crippen molar-refractivity contribution >= 4 is 18.0 Å². The van der Waals surface area contributed by atoms with Crippen molar-refractivity contribution in [3.05, 3.63) is 0 Å². The number of rotatable bonds is 8. The molecule has 20 heavy (non-hydrogen) atoms. The molecule has 2 saturated carbocycles. The van der Waals surface area contributed by atoms with Gasteiger partial charge in [0.2, 0.25) is 0 Å². The Bertz CT molecular complexity index is 415. The van der Waals surface area contributed by atoms with Gasteiger partial charge in [-0.25, -0.2) is 9.59 Å². The van der Waals surface area contributed by atoms with E-state index in [1.54, 1.807) is 0 Å². The van der Waals surface area contributed by atoms with Crippen molar-refractivity contribution in [3.8, 4) is 0 Å². The molecule has 0 heterocycles. The van der Waals surface area contributed by atoms with Crippen molar-refractivity contribution in [2.45, 2.75) is 44.6 Å². The summed E-state index contributed by atoms with van der Waals surface area (Å²) in [5, 5.41) is 22.5. The predicted molar refractivity (Wildman–Crippen MR) is 69.2 cm³/mol. The normalized spacial score (nSPS) is 20.8. The molecule has 2 rings (SSSR count). The van der Waals surface area contributed by atoms with E-state index in [1.807, 2.05) is 0 Å². The highest BCUT2D eigenvalue weighted by molar-refractivity contribution is 5.83. The summed E-state index contributed by atoms with van der Waals surface area (Å²) in [6, 6.07) is -1.70. The zero-order valence-electron chi connectivity index (χ0n) is 11.2. The second-order valence-corrected chi connectivity index (χ2v) is 5.79. The van der Waals surface area contributed by atoms with Crippen LogP contribution in [0.1, 0.15) is 38.5 Å². The van der Waals surface area contributed by atoms with Gasteiger partial charge in [-0.3, -0.25) is 4.79 Å². The summed E-state index contributed by atoms with van der Waals surface area (Å²) < 4.78 is 0. The quantitative estimate of drug-likeness (QED) is 0.526. The Morgan fingerprint density at radius 2 is 1.85 bits per heavy atom. The van der Waals surface area contributed by atoms with E-state index in [0.29, 0.717) is 12.5 Å².